The highest BCUT2D eigenvalue weighted by Gasteiger charge is 2.19. The Balaban J connectivity index is 1.65. The molecular weight excluding hydrogens is 424 g/mol. The van der Waals surface area contributed by atoms with Crippen molar-refractivity contribution in [3.63, 3.8) is 0 Å². The van der Waals surface area contributed by atoms with Crippen LogP contribution in [0.5, 0.6) is 5.75 Å². The van der Waals surface area contributed by atoms with E-state index in [4.69, 9.17) is 4.74 Å². The molecule has 2 amide bonds. The number of nitrogens with one attached hydrogen (secondary N) is 2. The number of rotatable bonds is 7. The molecule has 0 unspecified atom stereocenters. The smallest absolute Gasteiger partial charge is 0.265 e. The normalized spacial score (nSPS) is 12.1. The lowest BCUT2D eigenvalue weighted by Gasteiger charge is -2.19. The van der Waals surface area contributed by atoms with Crippen molar-refractivity contribution < 1.29 is 14.3 Å². The molecule has 0 aliphatic rings. The summed E-state index contributed by atoms with van der Waals surface area (Å²) in [7, 11) is 0. The lowest BCUT2D eigenvalue weighted by Crippen LogP contribution is -2.32. The Labute approximate surface area is 202 Å². The van der Waals surface area contributed by atoms with E-state index < -0.39 is 6.10 Å². The topological polar surface area (TPSA) is 67.4 Å². The minimum absolute atomic E-state index is 0.0277. The summed E-state index contributed by atoms with van der Waals surface area (Å²) in [6.45, 7) is 12.4. The molecule has 0 bridgehead atoms. The minimum atomic E-state index is -0.623. The van der Waals surface area contributed by atoms with E-state index in [1.165, 1.54) is 11.1 Å². The molecule has 0 fully saturated rings. The molecular formula is C29H34N2O3. The Bertz CT molecular complexity index is 1160. The van der Waals surface area contributed by atoms with Crippen molar-refractivity contribution in [1.29, 1.82) is 0 Å². The van der Waals surface area contributed by atoms with E-state index in [0.717, 1.165) is 5.56 Å². The van der Waals surface area contributed by atoms with Gasteiger partial charge < -0.3 is 15.4 Å². The lowest BCUT2D eigenvalue weighted by atomic mass is 9.87. The number of hydrogen-bond donors (Lipinski definition) is 2. The fourth-order valence-corrected chi connectivity index (χ4v) is 3.50. The van der Waals surface area contributed by atoms with Crippen molar-refractivity contribution >= 4 is 23.2 Å². The van der Waals surface area contributed by atoms with Gasteiger partial charge in [-0.3, -0.25) is 9.59 Å². The zero-order valence-corrected chi connectivity index (χ0v) is 20.9. The number of hydrogen-bond acceptors (Lipinski definition) is 3. The van der Waals surface area contributed by atoms with Crippen molar-refractivity contribution in [2.45, 2.75) is 59.5 Å². The van der Waals surface area contributed by atoms with E-state index in [-0.39, 0.29) is 17.2 Å². The molecule has 3 aromatic rings. The molecule has 5 nitrogen and oxygen atoms in total. The molecule has 3 rings (SSSR count). The summed E-state index contributed by atoms with van der Waals surface area (Å²) < 4.78 is 5.94. The summed E-state index contributed by atoms with van der Waals surface area (Å²) in [4.78, 5) is 25.5. The third kappa shape index (κ3) is 6.47. The fraction of sp³-hybridized carbons (Fsp3) is 0.310. The summed E-state index contributed by atoms with van der Waals surface area (Å²) >= 11 is 0. The van der Waals surface area contributed by atoms with Crippen LogP contribution in [0.15, 0.2) is 66.7 Å². The number of amides is 2. The van der Waals surface area contributed by atoms with Gasteiger partial charge in [-0.2, -0.15) is 0 Å². The molecule has 0 aliphatic carbocycles. The molecule has 178 valence electrons. The summed E-state index contributed by atoms with van der Waals surface area (Å²) in [5.41, 5.74) is 5.26. The van der Waals surface area contributed by atoms with Crippen molar-refractivity contribution in [2.24, 2.45) is 0 Å². The highest BCUT2D eigenvalue weighted by Crippen LogP contribution is 2.23. The van der Waals surface area contributed by atoms with Crippen LogP contribution in [0.3, 0.4) is 0 Å². The summed E-state index contributed by atoms with van der Waals surface area (Å²) in [5.74, 6) is 0.235. The molecule has 3 aromatic carbocycles. The molecule has 0 spiro atoms. The first-order valence-electron chi connectivity index (χ1n) is 11.6. The average Bonchev–Trinajstić information content (AvgIpc) is 2.79. The maximum Gasteiger partial charge on any atom is 0.265 e. The molecule has 34 heavy (non-hydrogen) atoms. The number of benzene rings is 3. The molecule has 0 aromatic heterocycles. The van der Waals surface area contributed by atoms with Crippen LogP contribution in [0.25, 0.3) is 0 Å². The van der Waals surface area contributed by atoms with E-state index in [0.29, 0.717) is 29.1 Å². The first-order chi connectivity index (χ1) is 16.1. The number of carbonyl (C=O) groups excluding carboxylic acids is 2. The maximum atomic E-state index is 12.8. The van der Waals surface area contributed by atoms with Crippen LogP contribution >= 0.6 is 0 Å². The van der Waals surface area contributed by atoms with Crippen LogP contribution in [-0.4, -0.2) is 17.9 Å². The predicted molar refractivity (Wildman–Crippen MR) is 139 cm³/mol. The van der Waals surface area contributed by atoms with E-state index in [2.05, 4.69) is 31.4 Å². The summed E-state index contributed by atoms with van der Waals surface area (Å²) in [5, 5.41) is 5.80. The van der Waals surface area contributed by atoms with Crippen LogP contribution in [0.1, 0.15) is 61.2 Å². The predicted octanol–water partition coefficient (Wildman–Crippen LogP) is 6.65. The van der Waals surface area contributed by atoms with Gasteiger partial charge in [-0.25, -0.2) is 0 Å². The molecule has 5 heteroatoms. The molecule has 0 heterocycles. The van der Waals surface area contributed by atoms with Gasteiger partial charge in [0.25, 0.3) is 11.8 Å². The van der Waals surface area contributed by atoms with E-state index in [1.54, 1.807) is 24.3 Å². The van der Waals surface area contributed by atoms with Crippen LogP contribution in [0.4, 0.5) is 11.4 Å². The van der Waals surface area contributed by atoms with Gasteiger partial charge in [0.15, 0.2) is 6.10 Å². The standard InChI is InChI=1S/C29H34N2O3/c1-7-26(34-25-16-11-19(2)20(3)17-25)28(33)31-24-10-8-9-23(18-24)30-27(32)21-12-14-22(15-13-21)29(4,5)6/h8-18,26H,7H2,1-6H3,(H,30,32)(H,31,33)/t26-/m0/s1. The van der Waals surface area contributed by atoms with Gasteiger partial charge >= 0.3 is 0 Å². The third-order valence-corrected chi connectivity index (χ3v) is 5.82. The van der Waals surface area contributed by atoms with E-state index >= 15 is 0 Å². The zero-order valence-electron chi connectivity index (χ0n) is 20.9. The first kappa shape index (κ1) is 25.0. The van der Waals surface area contributed by atoms with Gasteiger partial charge in [0, 0.05) is 16.9 Å². The highest BCUT2D eigenvalue weighted by atomic mass is 16.5. The molecule has 0 aliphatic heterocycles. The largest absolute Gasteiger partial charge is 0.481 e. The molecule has 0 radical (unpaired) electrons. The molecule has 0 saturated heterocycles. The Morgan fingerprint density at radius 2 is 1.50 bits per heavy atom. The van der Waals surface area contributed by atoms with Crippen LogP contribution in [-0.2, 0) is 10.2 Å². The maximum absolute atomic E-state index is 12.8. The number of ether oxygens (including phenoxy) is 1. The second-order valence-electron chi connectivity index (χ2n) is 9.61. The van der Waals surface area contributed by atoms with Crippen LogP contribution < -0.4 is 15.4 Å². The van der Waals surface area contributed by atoms with Crippen LogP contribution in [0.2, 0.25) is 0 Å². The minimum Gasteiger partial charge on any atom is -0.481 e. The van der Waals surface area contributed by atoms with E-state index in [1.807, 2.05) is 63.2 Å². The van der Waals surface area contributed by atoms with Crippen molar-refractivity contribution in [3.05, 3.63) is 89.0 Å². The second kappa shape index (κ2) is 10.6. The first-order valence-corrected chi connectivity index (χ1v) is 11.6. The summed E-state index contributed by atoms with van der Waals surface area (Å²) in [6.07, 6.45) is -0.0959. The number of carbonyl (C=O) groups is 2. The Kier molecular flexibility index (Phi) is 7.77. The van der Waals surface area contributed by atoms with Gasteiger partial charge in [0.2, 0.25) is 0 Å². The molecule has 0 saturated carbocycles. The average molecular weight is 459 g/mol. The monoisotopic (exact) mass is 458 g/mol. The SMILES string of the molecule is CC[C@H](Oc1ccc(C)c(C)c1)C(=O)Nc1cccc(NC(=O)c2ccc(C(C)(C)C)cc2)c1. The quantitative estimate of drug-likeness (QED) is 0.416. The van der Waals surface area contributed by atoms with Crippen molar-refractivity contribution in [3.8, 4) is 5.75 Å². The van der Waals surface area contributed by atoms with Gasteiger partial charge in [0.1, 0.15) is 5.75 Å². The number of aryl methyl sites for hydroxylation is 2. The summed E-state index contributed by atoms with van der Waals surface area (Å²) in [6, 6.07) is 20.5. The molecule has 2 N–H and O–H groups in total. The zero-order chi connectivity index (χ0) is 24.9. The van der Waals surface area contributed by atoms with Gasteiger partial charge in [0.05, 0.1) is 0 Å². The Morgan fingerprint density at radius 1 is 0.853 bits per heavy atom. The van der Waals surface area contributed by atoms with Crippen molar-refractivity contribution in [1.82, 2.24) is 0 Å². The third-order valence-electron chi connectivity index (χ3n) is 5.82. The molecule has 1 atom stereocenters. The van der Waals surface area contributed by atoms with Gasteiger partial charge in [-0.15, -0.1) is 0 Å². The van der Waals surface area contributed by atoms with Gasteiger partial charge in [-0.05, 0) is 84.8 Å². The van der Waals surface area contributed by atoms with Crippen LogP contribution in [0, 0.1) is 13.8 Å². The Hall–Kier alpha value is -3.60. The fourth-order valence-electron chi connectivity index (χ4n) is 3.50. The number of anilines is 2. The second-order valence-corrected chi connectivity index (χ2v) is 9.61. The highest BCUT2D eigenvalue weighted by molar-refractivity contribution is 6.04. The van der Waals surface area contributed by atoms with E-state index in [9.17, 15) is 9.59 Å². The van der Waals surface area contributed by atoms with Gasteiger partial charge in [-0.1, -0.05) is 52.0 Å². The Morgan fingerprint density at radius 3 is 2.09 bits per heavy atom. The lowest BCUT2D eigenvalue weighted by molar-refractivity contribution is -0.122. The van der Waals surface area contributed by atoms with Crippen molar-refractivity contribution in [2.75, 3.05) is 10.6 Å².